The third-order valence-corrected chi connectivity index (χ3v) is 14.6. The lowest BCUT2D eigenvalue weighted by Gasteiger charge is -2.21. The van der Waals surface area contributed by atoms with Gasteiger partial charge in [-0.2, -0.15) is 0 Å². The van der Waals surface area contributed by atoms with E-state index in [-0.39, 0.29) is 19.3 Å². The Balaban J connectivity index is 4.72. The largest absolute Gasteiger partial charge is 0.472 e. The summed E-state index contributed by atoms with van der Waals surface area (Å²) in [7, 11) is -9.76. The molecule has 0 spiro atoms. The maximum atomic E-state index is 12.8. The minimum atomic E-state index is -4.92. The van der Waals surface area contributed by atoms with E-state index in [0.717, 1.165) is 128 Å². The summed E-state index contributed by atoms with van der Waals surface area (Å²) in [6, 6.07) is 0. The maximum Gasteiger partial charge on any atom is 0.472 e. The standard InChI is InChI=1S/C61H110O16P2/c1-4-7-10-13-16-19-22-25-27-30-32-35-38-41-44-47-59(64)71-50-56(62)51-73-78(67,68)74-52-57(63)53-75-79(69,70)76-55-58(77-61(66)49-46-43-40-37-34-29-24-21-18-15-12-9-6-3)54-72-60(65)48-45-42-39-36-33-31-28-26-23-20-17-14-11-8-5-2/h16-17,19-21,24-28,56-58,62-63H,4-15,18,22-23,29-55H2,1-3H3,(H,67,68)(H,69,70)/b19-16-,20-17-,24-21-,27-25-,28-26-. The number of ether oxygens (including phenoxy) is 3. The van der Waals surface area contributed by atoms with E-state index in [4.69, 9.17) is 32.3 Å². The molecule has 5 unspecified atom stereocenters. The molecule has 460 valence electrons. The molecule has 0 aromatic heterocycles. The number of aliphatic hydroxyl groups is 2. The van der Waals surface area contributed by atoms with Crippen molar-refractivity contribution < 1.29 is 75.8 Å². The zero-order valence-corrected chi connectivity index (χ0v) is 51.1. The first-order valence-corrected chi connectivity index (χ1v) is 33.6. The normalized spacial score (nSPS) is 14.9. The molecule has 0 amide bonds. The lowest BCUT2D eigenvalue weighted by molar-refractivity contribution is -0.161. The number of esters is 3. The molecular weight excluding hydrogens is 1050 g/mol. The Kier molecular flexibility index (Phi) is 53.8. The molecule has 4 N–H and O–H groups in total. The number of unbranched alkanes of at least 4 members (excludes halogenated alkanes) is 25. The Hall–Kier alpha value is -2.75. The zero-order valence-electron chi connectivity index (χ0n) is 49.3. The molecule has 0 aliphatic rings. The van der Waals surface area contributed by atoms with E-state index in [1.165, 1.54) is 64.2 Å². The maximum absolute atomic E-state index is 12.8. The third-order valence-electron chi connectivity index (χ3n) is 12.7. The molecule has 0 fully saturated rings. The SMILES string of the molecule is CCCCC/C=C\C/C=C\CCCCCCCC(=O)OCC(O)COP(=O)(O)OCC(O)COP(=O)(O)OCC(COC(=O)CCCCCCC/C=C\C/C=C\CCCCC)OC(=O)CCCCCCC/C=C\CCCCCC. The zero-order chi connectivity index (χ0) is 58.2. The molecule has 0 aromatic rings. The fourth-order valence-electron chi connectivity index (χ4n) is 7.92. The summed E-state index contributed by atoms with van der Waals surface area (Å²) >= 11 is 0. The number of allylic oxidation sites excluding steroid dienone is 10. The second-order valence-electron chi connectivity index (χ2n) is 20.5. The molecular formula is C61H110O16P2. The second kappa shape index (κ2) is 55.8. The Bertz CT molecular complexity index is 1700. The number of phosphoric acid groups is 2. The van der Waals surface area contributed by atoms with Crippen LogP contribution in [0.3, 0.4) is 0 Å². The van der Waals surface area contributed by atoms with Gasteiger partial charge in [0.1, 0.15) is 25.4 Å². The first-order chi connectivity index (χ1) is 38.2. The summed E-state index contributed by atoms with van der Waals surface area (Å²) < 4.78 is 60.6. The summed E-state index contributed by atoms with van der Waals surface area (Å²) in [5.74, 6) is -1.61. The monoisotopic (exact) mass is 1160 g/mol. The van der Waals surface area contributed by atoms with Crippen LogP contribution in [0.2, 0.25) is 0 Å². The van der Waals surface area contributed by atoms with Crippen LogP contribution < -0.4 is 0 Å². The van der Waals surface area contributed by atoms with Gasteiger partial charge in [-0.15, -0.1) is 0 Å². The van der Waals surface area contributed by atoms with E-state index >= 15 is 0 Å². The van der Waals surface area contributed by atoms with Crippen LogP contribution in [0.15, 0.2) is 60.8 Å². The molecule has 5 atom stereocenters. The average Bonchev–Trinajstić information content (AvgIpc) is 3.42. The molecule has 16 nitrogen and oxygen atoms in total. The van der Waals surface area contributed by atoms with Crippen LogP contribution in [-0.2, 0) is 55.8 Å². The van der Waals surface area contributed by atoms with Gasteiger partial charge >= 0.3 is 33.6 Å². The molecule has 18 heteroatoms. The average molecular weight is 1160 g/mol. The van der Waals surface area contributed by atoms with Crippen molar-refractivity contribution in [1.29, 1.82) is 0 Å². The second-order valence-corrected chi connectivity index (χ2v) is 23.4. The van der Waals surface area contributed by atoms with Gasteiger partial charge in [0.15, 0.2) is 6.10 Å². The number of hydrogen-bond acceptors (Lipinski definition) is 14. The van der Waals surface area contributed by atoms with E-state index in [2.05, 4.69) is 81.5 Å². The predicted molar refractivity (Wildman–Crippen MR) is 316 cm³/mol. The van der Waals surface area contributed by atoms with Crippen LogP contribution in [0.25, 0.3) is 0 Å². The molecule has 0 heterocycles. The highest BCUT2D eigenvalue weighted by atomic mass is 31.2. The van der Waals surface area contributed by atoms with Crippen molar-refractivity contribution in [2.45, 2.75) is 270 Å². The highest BCUT2D eigenvalue weighted by Gasteiger charge is 2.29. The number of phosphoric ester groups is 2. The highest BCUT2D eigenvalue weighted by molar-refractivity contribution is 7.47. The fourth-order valence-corrected chi connectivity index (χ4v) is 9.50. The van der Waals surface area contributed by atoms with Crippen LogP contribution in [0.1, 0.15) is 252 Å². The van der Waals surface area contributed by atoms with Crippen LogP contribution in [0.4, 0.5) is 0 Å². The van der Waals surface area contributed by atoms with Crippen molar-refractivity contribution in [1.82, 2.24) is 0 Å². The van der Waals surface area contributed by atoms with Gasteiger partial charge in [0.2, 0.25) is 0 Å². The van der Waals surface area contributed by atoms with Gasteiger partial charge in [-0.05, 0) is 109 Å². The molecule has 0 radical (unpaired) electrons. The molecule has 0 rings (SSSR count). The van der Waals surface area contributed by atoms with E-state index < -0.39 is 91.5 Å². The molecule has 0 bridgehead atoms. The Morgan fingerprint density at radius 3 is 1.03 bits per heavy atom. The van der Waals surface area contributed by atoms with Crippen LogP contribution in [0, 0.1) is 0 Å². The molecule has 0 aromatic carbocycles. The van der Waals surface area contributed by atoms with Crippen molar-refractivity contribution >= 4 is 33.6 Å². The van der Waals surface area contributed by atoms with Gasteiger partial charge in [0.05, 0.1) is 26.4 Å². The molecule has 79 heavy (non-hydrogen) atoms. The first-order valence-electron chi connectivity index (χ1n) is 30.6. The lowest BCUT2D eigenvalue weighted by atomic mass is 10.1. The highest BCUT2D eigenvalue weighted by Crippen LogP contribution is 2.45. The number of aliphatic hydroxyl groups excluding tert-OH is 2. The minimum Gasteiger partial charge on any atom is -0.463 e. The van der Waals surface area contributed by atoms with Gasteiger partial charge in [-0.3, -0.25) is 32.5 Å². The van der Waals surface area contributed by atoms with Crippen molar-refractivity contribution in [3.63, 3.8) is 0 Å². The van der Waals surface area contributed by atoms with Crippen molar-refractivity contribution in [2.24, 2.45) is 0 Å². The first kappa shape index (κ1) is 76.2. The summed E-state index contributed by atoms with van der Waals surface area (Å²) in [4.78, 5) is 58.1. The third kappa shape index (κ3) is 56.9. The minimum absolute atomic E-state index is 0.0928. The van der Waals surface area contributed by atoms with E-state index in [1.54, 1.807) is 0 Å². The van der Waals surface area contributed by atoms with Crippen LogP contribution in [-0.4, -0.2) is 95.9 Å². The Morgan fingerprint density at radius 2 is 0.633 bits per heavy atom. The summed E-state index contributed by atoms with van der Waals surface area (Å²) in [5.41, 5.74) is 0. The number of hydrogen-bond donors (Lipinski definition) is 4. The van der Waals surface area contributed by atoms with E-state index in [1.807, 2.05) is 0 Å². The van der Waals surface area contributed by atoms with Gasteiger partial charge in [0, 0.05) is 19.3 Å². The van der Waals surface area contributed by atoms with E-state index in [9.17, 15) is 43.5 Å². The van der Waals surface area contributed by atoms with Crippen molar-refractivity contribution in [3.05, 3.63) is 60.8 Å². The van der Waals surface area contributed by atoms with E-state index in [0.29, 0.717) is 19.3 Å². The van der Waals surface area contributed by atoms with Gasteiger partial charge < -0.3 is 34.2 Å². The van der Waals surface area contributed by atoms with Crippen molar-refractivity contribution in [3.8, 4) is 0 Å². The number of carbonyl (C=O) groups excluding carboxylic acids is 3. The molecule has 0 saturated heterocycles. The predicted octanol–water partition coefficient (Wildman–Crippen LogP) is 15.9. The molecule has 0 aliphatic carbocycles. The number of carbonyl (C=O) groups is 3. The Morgan fingerprint density at radius 1 is 0.354 bits per heavy atom. The summed E-state index contributed by atoms with van der Waals surface area (Å²) in [6.07, 6.45) is 52.8. The van der Waals surface area contributed by atoms with Gasteiger partial charge in [0.25, 0.3) is 0 Å². The van der Waals surface area contributed by atoms with Crippen LogP contribution in [0.5, 0.6) is 0 Å². The smallest absolute Gasteiger partial charge is 0.463 e. The van der Waals surface area contributed by atoms with Crippen LogP contribution >= 0.6 is 15.6 Å². The van der Waals surface area contributed by atoms with Gasteiger partial charge in [-0.25, -0.2) is 9.13 Å². The van der Waals surface area contributed by atoms with Crippen molar-refractivity contribution in [2.75, 3.05) is 39.6 Å². The molecule has 0 saturated carbocycles. The lowest BCUT2D eigenvalue weighted by Crippen LogP contribution is -2.30. The summed E-state index contributed by atoms with van der Waals surface area (Å²) in [5, 5.41) is 20.4. The molecule has 0 aliphatic heterocycles. The summed E-state index contributed by atoms with van der Waals surface area (Å²) in [6.45, 7) is 2.54. The van der Waals surface area contributed by atoms with Gasteiger partial charge in [-0.1, -0.05) is 184 Å². The number of rotatable bonds is 58. The Labute approximate surface area is 478 Å². The topological polar surface area (TPSA) is 231 Å². The quantitative estimate of drug-likeness (QED) is 0.0146. The fraction of sp³-hybridized carbons (Fsp3) is 0.787.